The second-order valence-electron chi connectivity index (χ2n) is 3.25. The van der Waals surface area contributed by atoms with Crippen LogP contribution in [-0.2, 0) is 4.79 Å². The van der Waals surface area contributed by atoms with Gasteiger partial charge in [0.25, 0.3) is 0 Å². The summed E-state index contributed by atoms with van der Waals surface area (Å²) in [5.74, 6) is -1.04. The first-order chi connectivity index (χ1) is 6.68. The lowest BCUT2D eigenvalue weighted by Gasteiger charge is -2.11. The number of rotatable bonds is 4. The molecule has 0 saturated carbocycles. The van der Waals surface area contributed by atoms with Crippen LogP contribution in [0, 0.1) is 0 Å². The van der Waals surface area contributed by atoms with Gasteiger partial charge in [0.2, 0.25) is 0 Å². The molecule has 1 aliphatic rings. The molecule has 1 saturated heterocycles. The van der Waals surface area contributed by atoms with Gasteiger partial charge in [-0.1, -0.05) is 0 Å². The van der Waals surface area contributed by atoms with Gasteiger partial charge in [-0.05, 0) is 19.4 Å². The summed E-state index contributed by atoms with van der Waals surface area (Å²) in [7, 11) is 0. The van der Waals surface area contributed by atoms with Gasteiger partial charge >= 0.3 is 12.0 Å². The van der Waals surface area contributed by atoms with E-state index in [9.17, 15) is 9.59 Å². The third kappa shape index (κ3) is 4.08. The minimum atomic E-state index is -1.04. The van der Waals surface area contributed by atoms with Gasteiger partial charge in [0.1, 0.15) is 6.54 Å². The zero-order chi connectivity index (χ0) is 10.4. The molecule has 0 aliphatic carbocycles. The Morgan fingerprint density at radius 3 is 2.79 bits per heavy atom. The average molecular weight is 201 g/mol. The molecule has 0 spiro atoms. The van der Waals surface area contributed by atoms with E-state index in [-0.39, 0.29) is 6.54 Å². The minimum absolute atomic E-state index is 0.325. The molecule has 1 rings (SSSR count). The highest BCUT2D eigenvalue weighted by atomic mass is 16.4. The predicted molar refractivity (Wildman–Crippen MR) is 50.1 cm³/mol. The van der Waals surface area contributed by atoms with E-state index in [1.54, 1.807) is 0 Å². The fraction of sp³-hybridized carbons (Fsp3) is 0.750. The molecule has 4 N–H and O–H groups in total. The van der Waals surface area contributed by atoms with Crippen LogP contribution in [0.1, 0.15) is 12.8 Å². The minimum Gasteiger partial charge on any atom is -0.480 e. The molecule has 0 aromatic carbocycles. The SMILES string of the molecule is O=C(O)CNC(=O)NCC1CCCN1. The Labute approximate surface area is 82.1 Å². The summed E-state index contributed by atoms with van der Waals surface area (Å²) < 4.78 is 0. The number of urea groups is 1. The number of carboxylic acids is 1. The van der Waals surface area contributed by atoms with E-state index in [4.69, 9.17) is 5.11 Å². The van der Waals surface area contributed by atoms with Crippen molar-refractivity contribution in [3.8, 4) is 0 Å². The van der Waals surface area contributed by atoms with E-state index >= 15 is 0 Å². The first-order valence-corrected chi connectivity index (χ1v) is 4.65. The highest BCUT2D eigenvalue weighted by Crippen LogP contribution is 2.02. The van der Waals surface area contributed by atoms with Crippen LogP contribution in [0.25, 0.3) is 0 Å². The van der Waals surface area contributed by atoms with Crippen molar-refractivity contribution >= 4 is 12.0 Å². The monoisotopic (exact) mass is 201 g/mol. The van der Waals surface area contributed by atoms with Gasteiger partial charge in [0, 0.05) is 12.6 Å². The first-order valence-electron chi connectivity index (χ1n) is 4.65. The third-order valence-electron chi connectivity index (χ3n) is 2.07. The van der Waals surface area contributed by atoms with E-state index in [1.165, 1.54) is 0 Å². The van der Waals surface area contributed by atoms with E-state index in [0.717, 1.165) is 19.4 Å². The molecular formula is C8H15N3O3. The van der Waals surface area contributed by atoms with Crippen molar-refractivity contribution in [2.75, 3.05) is 19.6 Å². The zero-order valence-corrected chi connectivity index (χ0v) is 7.88. The molecule has 0 aromatic heterocycles. The van der Waals surface area contributed by atoms with Crippen LogP contribution in [0.3, 0.4) is 0 Å². The van der Waals surface area contributed by atoms with Crippen molar-refractivity contribution in [3.05, 3.63) is 0 Å². The van der Waals surface area contributed by atoms with E-state index < -0.39 is 12.0 Å². The second kappa shape index (κ2) is 5.43. The Morgan fingerprint density at radius 1 is 1.43 bits per heavy atom. The molecule has 0 radical (unpaired) electrons. The lowest BCUT2D eigenvalue weighted by atomic mass is 10.2. The number of hydrogen-bond donors (Lipinski definition) is 4. The smallest absolute Gasteiger partial charge is 0.323 e. The van der Waals surface area contributed by atoms with E-state index in [2.05, 4.69) is 16.0 Å². The van der Waals surface area contributed by atoms with Gasteiger partial charge in [-0.25, -0.2) is 4.79 Å². The molecule has 0 bridgehead atoms. The number of amides is 2. The topological polar surface area (TPSA) is 90.5 Å². The van der Waals surface area contributed by atoms with Crippen LogP contribution in [-0.4, -0.2) is 42.8 Å². The number of carbonyl (C=O) groups excluding carboxylic acids is 1. The maximum atomic E-state index is 11.0. The van der Waals surface area contributed by atoms with Crippen molar-refractivity contribution in [2.45, 2.75) is 18.9 Å². The van der Waals surface area contributed by atoms with Crippen molar-refractivity contribution in [2.24, 2.45) is 0 Å². The van der Waals surface area contributed by atoms with Gasteiger partial charge < -0.3 is 21.1 Å². The highest BCUT2D eigenvalue weighted by Gasteiger charge is 2.14. The quantitative estimate of drug-likeness (QED) is 0.475. The molecular weight excluding hydrogens is 186 g/mol. The standard InChI is InChI=1S/C8H15N3O3/c12-7(13)5-11-8(14)10-4-6-2-1-3-9-6/h6,9H,1-5H2,(H,12,13)(H2,10,11,14). The fourth-order valence-corrected chi connectivity index (χ4v) is 1.37. The Morgan fingerprint density at radius 2 is 2.21 bits per heavy atom. The lowest BCUT2D eigenvalue weighted by Crippen LogP contribution is -2.43. The highest BCUT2D eigenvalue weighted by molar-refractivity contribution is 5.79. The van der Waals surface area contributed by atoms with Crippen LogP contribution in [0.4, 0.5) is 4.79 Å². The van der Waals surface area contributed by atoms with Gasteiger partial charge in [0.05, 0.1) is 0 Å². The summed E-state index contributed by atoms with van der Waals surface area (Å²) >= 11 is 0. The molecule has 1 atom stereocenters. The number of nitrogens with one attached hydrogen (secondary N) is 3. The molecule has 2 amide bonds. The third-order valence-corrected chi connectivity index (χ3v) is 2.07. The van der Waals surface area contributed by atoms with Gasteiger partial charge in [-0.15, -0.1) is 0 Å². The molecule has 6 nitrogen and oxygen atoms in total. The van der Waals surface area contributed by atoms with Gasteiger partial charge in [-0.3, -0.25) is 4.79 Å². The summed E-state index contributed by atoms with van der Waals surface area (Å²) in [6.07, 6.45) is 2.18. The maximum Gasteiger partial charge on any atom is 0.323 e. The molecule has 1 aliphatic heterocycles. The van der Waals surface area contributed by atoms with Crippen molar-refractivity contribution in [1.82, 2.24) is 16.0 Å². The molecule has 1 heterocycles. The number of hydrogen-bond acceptors (Lipinski definition) is 3. The molecule has 14 heavy (non-hydrogen) atoms. The summed E-state index contributed by atoms with van der Waals surface area (Å²) in [5, 5.41) is 16.3. The van der Waals surface area contributed by atoms with Crippen molar-refractivity contribution in [1.29, 1.82) is 0 Å². The number of aliphatic carboxylic acids is 1. The Hall–Kier alpha value is -1.30. The normalized spacial score (nSPS) is 20.4. The van der Waals surface area contributed by atoms with Crippen LogP contribution in [0.5, 0.6) is 0 Å². The van der Waals surface area contributed by atoms with Crippen LogP contribution < -0.4 is 16.0 Å². The zero-order valence-electron chi connectivity index (χ0n) is 7.88. The lowest BCUT2D eigenvalue weighted by molar-refractivity contribution is -0.135. The molecule has 80 valence electrons. The summed E-state index contributed by atoms with van der Waals surface area (Å²) in [6.45, 7) is 1.19. The van der Waals surface area contributed by atoms with Gasteiger partial charge in [0.15, 0.2) is 0 Å². The summed E-state index contributed by atoms with van der Waals surface area (Å²) in [5.41, 5.74) is 0. The Kier molecular flexibility index (Phi) is 4.18. The number of carboxylic acid groups (broad SMARTS) is 1. The Bertz CT molecular complexity index is 214. The van der Waals surface area contributed by atoms with Crippen LogP contribution in [0.2, 0.25) is 0 Å². The second-order valence-corrected chi connectivity index (χ2v) is 3.25. The predicted octanol–water partition coefficient (Wildman–Crippen LogP) is -0.878. The van der Waals surface area contributed by atoms with Gasteiger partial charge in [-0.2, -0.15) is 0 Å². The molecule has 6 heteroatoms. The van der Waals surface area contributed by atoms with Crippen molar-refractivity contribution < 1.29 is 14.7 Å². The Balaban J connectivity index is 2.05. The molecule has 1 unspecified atom stereocenters. The van der Waals surface area contributed by atoms with E-state index in [1.807, 2.05) is 0 Å². The van der Waals surface area contributed by atoms with Crippen LogP contribution in [0.15, 0.2) is 0 Å². The first kappa shape index (κ1) is 10.8. The maximum absolute atomic E-state index is 11.0. The van der Waals surface area contributed by atoms with E-state index in [0.29, 0.717) is 12.6 Å². The number of carbonyl (C=O) groups is 2. The fourth-order valence-electron chi connectivity index (χ4n) is 1.37. The van der Waals surface area contributed by atoms with Crippen molar-refractivity contribution in [3.63, 3.8) is 0 Å². The summed E-state index contributed by atoms with van der Waals surface area (Å²) in [4.78, 5) is 21.1. The largest absolute Gasteiger partial charge is 0.480 e. The average Bonchev–Trinajstić information content (AvgIpc) is 2.63. The van der Waals surface area contributed by atoms with Crippen LogP contribution >= 0.6 is 0 Å². The summed E-state index contributed by atoms with van der Waals surface area (Å²) in [6, 6.07) is -0.105. The molecule has 0 aromatic rings. The molecule has 1 fully saturated rings.